The Bertz CT molecular complexity index is 1120. The maximum atomic E-state index is 12.7. The number of hydrogen-bond acceptors (Lipinski definition) is 6. The number of benzene rings is 3. The zero-order chi connectivity index (χ0) is 22.2. The molecule has 3 rings (SSSR count). The zero-order valence-electron chi connectivity index (χ0n) is 17.5. The van der Waals surface area contributed by atoms with Crippen molar-refractivity contribution in [3.8, 4) is 23.0 Å². The van der Waals surface area contributed by atoms with Gasteiger partial charge in [0.25, 0.3) is 0 Å². The minimum absolute atomic E-state index is 0.273. The second kappa shape index (κ2) is 10.1. The summed E-state index contributed by atoms with van der Waals surface area (Å²) in [5, 5.41) is 0. The molecule has 0 saturated heterocycles. The fraction of sp³-hybridized carbons (Fsp3) is 0.120. The molecule has 6 nitrogen and oxygen atoms in total. The molecule has 3 aromatic rings. The van der Waals surface area contributed by atoms with E-state index in [1.807, 2.05) is 0 Å². The molecule has 0 atom stereocenters. The van der Waals surface area contributed by atoms with E-state index in [0.29, 0.717) is 39.7 Å². The van der Waals surface area contributed by atoms with E-state index in [-0.39, 0.29) is 5.78 Å². The van der Waals surface area contributed by atoms with Crippen LogP contribution in [-0.2, 0) is 0 Å². The Labute approximate surface area is 180 Å². The van der Waals surface area contributed by atoms with Crippen LogP contribution in [-0.4, -0.2) is 33.1 Å². The lowest BCUT2D eigenvalue weighted by Gasteiger charge is -2.09. The van der Waals surface area contributed by atoms with Crippen molar-refractivity contribution in [2.75, 3.05) is 21.3 Å². The molecule has 0 fully saturated rings. The number of rotatable bonds is 8. The lowest BCUT2D eigenvalue weighted by molar-refractivity contribution is 0.0734. The van der Waals surface area contributed by atoms with Crippen LogP contribution in [0.25, 0.3) is 6.08 Å². The van der Waals surface area contributed by atoms with Gasteiger partial charge < -0.3 is 18.9 Å². The zero-order valence-corrected chi connectivity index (χ0v) is 17.5. The van der Waals surface area contributed by atoms with Gasteiger partial charge in [-0.15, -0.1) is 0 Å². The molecule has 0 saturated carbocycles. The highest BCUT2D eigenvalue weighted by Gasteiger charge is 2.13. The van der Waals surface area contributed by atoms with E-state index in [1.165, 1.54) is 27.4 Å². The summed E-state index contributed by atoms with van der Waals surface area (Å²) in [5.41, 5.74) is 1.30. The minimum atomic E-state index is -0.527. The van der Waals surface area contributed by atoms with Gasteiger partial charge >= 0.3 is 5.97 Å². The Hall–Kier alpha value is -4.06. The number of carbonyl (C=O) groups excluding carboxylic acids is 2. The summed E-state index contributed by atoms with van der Waals surface area (Å²) in [4.78, 5) is 25.3. The molecule has 0 aliphatic heterocycles. The van der Waals surface area contributed by atoms with Crippen molar-refractivity contribution in [1.82, 2.24) is 0 Å². The molecule has 0 aromatic heterocycles. The highest BCUT2D eigenvalue weighted by Crippen LogP contribution is 2.26. The van der Waals surface area contributed by atoms with E-state index in [9.17, 15) is 9.59 Å². The third-order valence-electron chi connectivity index (χ3n) is 4.51. The number of ketones is 1. The molecular formula is C25H22O6. The smallest absolute Gasteiger partial charge is 0.343 e. The van der Waals surface area contributed by atoms with E-state index < -0.39 is 5.97 Å². The molecule has 0 bridgehead atoms. The predicted octanol–water partition coefficient (Wildman–Crippen LogP) is 4.83. The van der Waals surface area contributed by atoms with E-state index in [4.69, 9.17) is 18.9 Å². The van der Waals surface area contributed by atoms with Crippen LogP contribution in [0.4, 0.5) is 0 Å². The first kappa shape index (κ1) is 21.6. The average Bonchev–Trinajstić information content (AvgIpc) is 2.82. The summed E-state index contributed by atoms with van der Waals surface area (Å²) in [6, 6.07) is 18.6. The summed E-state index contributed by atoms with van der Waals surface area (Å²) >= 11 is 0. The van der Waals surface area contributed by atoms with Crippen molar-refractivity contribution in [2.45, 2.75) is 0 Å². The average molecular weight is 418 g/mol. The monoisotopic (exact) mass is 418 g/mol. The van der Waals surface area contributed by atoms with Crippen LogP contribution in [0, 0.1) is 0 Å². The van der Waals surface area contributed by atoms with E-state index in [2.05, 4.69) is 0 Å². The summed E-state index contributed by atoms with van der Waals surface area (Å²) in [5.74, 6) is 1.07. The molecule has 0 radical (unpaired) electrons. The summed E-state index contributed by atoms with van der Waals surface area (Å²) in [6.07, 6.45) is 2.99. The Morgan fingerprint density at radius 1 is 0.742 bits per heavy atom. The van der Waals surface area contributed by atoms with Crippen LogP contribution >= 0.6 is 0 Å². The molecule has 0 spiro atoms. The van der Waals surface area contributed by atoms with E-state index in [1.54, 1.807) is 72.8 Å². The van der Waals surface area contributed by atoms with Crippen molar-refractivity contribution in [3.63, 3.8) is 0 Å². The molecule has 0 N–H and O–H groups in total. The van der Waals surface area contributed by atoms with Gasteiger partial charge in [-0.05, 0) is 54.6 Å². The number of para-hydroxylation sites is 1. The van der Waals surface area contributed by atoms with Crippen LogP contribution < -0.4 is 18.9 Å². The summed E-state index contributed by atoms with van der Waals surface area (Å²) in [7, 11) is 4.55. The SMILES string of the molecule is COc1cccc(C(=O)Oc2ccccc2/C=C/C(=O)c2cc(OC)ccc2OC)c1. The first-order valence-electron chi connectivity index (χ1n) is 9.45. The molecule has 0 amide bonds. The van der Waals surface area contributed by atoms with Gasteiger partial charge in [0.15, 0.2) is 5.78 Å². The Morgan fingerprint density at radius 3 is 2.23 bits per heavy atom. The molecule has 0 aliphatic rings. The van der Waals surface area contributed by atoms with Gasteiger partial charge in [-0.3, -0.25) is 4.79 Å². The molecule has 3 aromatic carbocycles. The van der Waals surface area contributed by atoms with Crippen molar-refractivity contribution in [2.24, 2.45) is 0 Å². The van der Waals surface area contributed by atoms with Gasteiger partial charge in [-0.2, -0.15) is 0 Å². The normalized spacial score (nSPS) is 10.5. The summed E-state index contributed by atoms with van der Waals surface area (Å²) in [6.45, 7) is 0. The van der Waals surface area contributed by atoms with Crippen LogP contribution in [0.15, 0.2) is 72.8 Å². The number of allylic oxidation sites excluding steroid dienone is 1. The fourth-order valence-corrected chi connectivity index (χ4v) is 2.88. The van der Waals surface area contributed by atoms with Gasteiger partial charge in [0, 0.05) is 5.56 Å². The lowest BCUT2D eigenvalue weighted by atomic mass is 10.1. The highest BCUT2D eigenvalue weighted by molar-refractivity contribution is 6.09. The van der Waals surface area contributed by atoms with E-state index >= 15 is 0 Å². The van der Waals surface area contributed by atoms with Crippen molar-refractivity contribution in [1.29, 1.82) is 0 Å². The molecule has 31 heavy (non-hydrogen) atoms. The standard InChI is InChI=1S/C25H22O6/c1-28-19-9-6-8-18(15-19)25(27)31-23-10-5-4-7-17(23)11-13-22(26)21-16-20(29-2)12-14-24(21)30-3/h4-16H,1-3H3/b13-11+. The quantitative estimate of drug-likeness (QED) is 0.226. The van der Waals surface area contributed by atoms with Crippen LogP contribution in [0.3, 0.4) is 0 Å². The van der Waals surface area contributed by atoms with Gasteiger partial charge in [-0.1, -0.05) is 24.3 Å². The first-order chi connectivity index (χ1) is 15.0. The van der Waals surface area contributed by atoms with Gasteiger partial charge in [-0.25, -0.2) is 4.79 Å². The number of ether oxygens (including phenoxy) is 4. The number of carbonyl (C=O) groups is 2. The van der Waals surface area contributed by atoms with Gasteiger partial charge in [0.2, 0.25) is 0 Å². The lowest BCUT2D eigenvalue weighted by Crippen LogP contribution is -2.09. The third-order valence-corrected chi connectivity index (χ3v) is 4.51. The number of hydrogen-bond donors (Lipinski definition) is 0. The van der Waals surface area contributed by atoms with Crippen LogP contribution in [0.5, 0.6) is 23.0 Å². The Balaban J connectivity index is 1.83. The maximum Gasteiger partial charge on any atom is 0.343 e. The molecular weight excluding hydrogens is 396 g/mol. The molecule has 158 valence electrons. The predicted molar refractivity (Wildman–Crippen MR) is 117 cm³/mol. The van der Waals surface area contributed by atoms with Crippen molar-refractivity contribution < 1.29 is 28.5 Å². The molecule has 0 unspecified atom stereocenters. The number of methoxy groups -OCH3 is 3. The Morgan fingerprint density at radius 2 is 1.48 bits per heavy atom. The minimum Gasteiger partial charge on any atom is -0.497 e. The van der Waals surface area contributed by atoms with Gasteiger partial charge in [0.1, 0.15) is 23.0 Å². The summed E-state index contributed by atoms with van der Waals surface area (Å²) < 4.78 is 21.2. The largest absolute Gasteiger partial charge is 0.497 e. The van der Waals surface area contributed by atoms with Crippen molar-refractivity contribution >= 4 is 17.8 Å². The van der Waals surface area contributed by atoms with Gasteiger partial charge in [0.05, 0.1) is 32.5 Å². The first-order valence-corrected chi connectivity index (χ1v) is 9.45. The second-order valence-corrected chi connectivity index (χ2v) is 6.42. The van der Waals surface area contributed by atoms with E-state index in [0.717, 1.165) is 0 Å². The highest BCUT2D eigenvalue weighted by atomic mass is 16.5. The number of esters is 1. The maximum absolute atomic E-state index is 12.7. The topological polar surface area (TPSA) is 71.1 Å². The second-order valence-electron chi connectivity index (χ2n) is 6.42. The molecule has 6 heteroatoms. The molecule has 0 aliphatic carbocycles. The van der Waals surface area contributed by atoms with Crippen LogP contribution in [0.2, 0.25) is 0 Å². The fourth-order valence-electron chi connectivity index (χ4n) is 2.88. The van der Waals surface area contributed by atoms with Crippen LogP contribution in [0.1, 0.15) is 26.3 Å². The Kier molecular flexibility index (Phi) is 7.06. The molecule has 0 heterocycles. The van der Waals surface area contributed by atoms with Crippen molar-refractivity contribution in [3.05, 3.63) is 89.5 Å². The third kappa shape index (κ3) is 5.30.